The number of esters is 1. The lowest BCUT2D eigenvalue weighted by molar-refractivity contribution is 0.0525. The molecule has 0 fully saturated rings. The first kappa shape index (κ1) is 13.5. The van der Waals surface area contributed by atoms with Gasteiger partial charge >= 0.3 is 5.97 Å². The van der Waals surface area contributed by atoms with E-state index in [2.05, 4.69) is 4.98 Å². The molecule has 0 bridgehead atoms. The van der Waals surface area contributed by atoms with Gasteiger partial charge in [-0.05, 0) is 31.2 Å². The molecule has 1 aromatic carbocycles. The van der Waals surface area contributed by atoms with E-state index in [1.54, 1.807) is 37.3 Å². The summed E-state index contributed by atoms with van der Waals surface area (Å²) in [6.07, 6.45) is 1.43. The molecule has 0 aliphatic heterocycles. The molecule has 0 N–H and O–H groups in total. The molecule has 0 aliphatic carbocycles. The highest BCUT2D eigenvalue weighted by atomic mass is 32.2. The number of benzene rings is 1. The predicted octanol–water partition coefficient (Wildman–Crippen LogP) is 3.55. The molecule has 0 spiro atoms. The number of nitrogens with zero attached hydrogens (tertiary/aromatic N) is 1. The Balaban J connectivity index is 2.11. The van der Waals surface area contributed by atoms with Crippen LogP contribution in [0.3, 0.4) is 0 Å². The zero-order chi connectivity index (χ0) is 13.7. The second-order valence-electron chi connectivity index (χ2n) is 3.64. The Morgan fingerprint density at radius 1 is 1.32 bits per heavy atom. The van der Waals surface area contributed by atoms with Crippen LogP contribution in [0.5, 0.6) is 0 Å². The summed E-state index contributed by atoms with van der Waals surface area (Å²) in [6.45, 7) is 2.07. The van der Waals surface area contributed by atoms with E-state index in [1.165, 1.54) is 24.0 Å². The van der Waals surface area contributed by atoms with Gasteiger partial charge in [-0.2, -0.15) is 0 Å². The molecule has 19 heavy (non-hydrogen) atoms. The standard InChI is InChI=1S/C14H12FNO2S/c1-2-18-14(17)10-7-8-13(16-9-10)19-12-6-4-3-5-11(12)15/h3-9H,2H2,1H3. The number of hydrogen-bond acceptors (Lipinski definition) is 4. The van der Waals surface area contributed by atoms with Crippen molar-refractivity contribution in [1.29, 1.82) is 0 Å². The minimum Gasteiger partial charge on any atom is -0.462 e. The number of carbonyl (C=O) groups is 1. The molecule has 0 saturated heterocycles. The summed E-state index contributed by atoms with van der Waals surface area (Å²) in [7, 11) is 0. The first-order valence-corrected chi connectivity index (χ1v) is 6.58. The van der Waals surface area contributed by atoms with Gasteiger partial charge in [0, 0.05) is 11.1 Å². The van der Waals surface area contributed by atoms with Crippen molar-refractivity contribution in [3.8, 4) is 0 Å². The average molecular weight is 277 g/mol. The van der Waals surface area contributed by atoms with Crippen LogP contribution in [0.4, 0.5) is 4.39 Å². The SMILES string of the molecule is CCOC(=O)c1ccc(Sc2ccccc2F)nc1. The highest BCUT2D eigenvalue weighted by Crippen LogP contribution is 2.27. The third-order valence-corrected chi connectivity index (χ3v) is 3.30. The number of hydrogen-bond donors (Lipinski definition) is 0. The molecular weight excluding hydrogens is 265 g/mol. The second-order valence-corrected chi connectivity index (χ2v) is 4.70. The fourth-order valence-electron chi connectivity index (χ4n) is 1.42. The van der Waals surface area contributed by atoms with Crippen molar-refractivity contribution in [2.24, 2.45) is 0 Å². The monoisotopic (exact) mass is 277 g/mol. The molecule has 0 saturated carbocycles. The van der Waals surface area contributed by atoms with Gasteiger partial charge in [0.2, 0.25) is 0 Å². The Kier molecular flexibility index (Phi) is 4.52. The van der Waals surface area contributed by atoms with Crippen LogP contribution in [0.15, 0.2) is 52.5 Å². The van der Waals surface area contributed by atoms with Gasteiger partial charge in [-0.3, -0.25) is 0 Å². The van der Waals surface area contributed by atoms with E-state index in [0.29, 0.717) is 22.1 Å². The van der Waals surface area contributed by atoms with Crippen LogP contribution in [0.2, 0.25) is 0 Å². The van der Waals surface area contributed by atoms with Crippen molar-refractivity contribution >= 4 is 17.7 Å². The normalized spacial score (nSPS) is 10.2. The van der Waals surface area contributed by atoms with Gasteiger partial charge in [0.05, 0.1) is 12.2 Å². The summed E-state index contributed by atoms with van der Waals surface area (Å²) in [5.74, 6) is -0.693. The first-order valence-electron chi connectivity index (χ1n) is 5.76. The summed E-state index contributed by atoms with van der Waals surface area (Å²) >= 11 is 1.21. The molecule has 0 aliphatic rings. The third kappa shape index (κ3) is 3.54. The Bertz CT molecular complexity index is 572. The van der Waals surface area contributed by atoms with Crippen LogP contribution in [0.25, 0.3) is 0 Å². The Hall–Kier alpha value is -1.88. The maximum atomic E-state index is 13.5. The Labute approximate surface area is 114 Å². The summed E-state index contributed by atoms with van der Waals surface area (Å²) in [6, 6.07) is 9.77. The molecule has 0 unspecified atom stereocenters. The molecule has 0 amide bonds. The highest BCUT2D eigenvalue weighted by molar-refractivity contribution is 7.99. The van der Waals surface area contributed by atoms with E-state index in [4.69, 9.17) is 4.74 Å². The smallest absolute Gasteiger partial charge is 0.339 e. The second kappa shape index (κ2) is 6.33. The maximum absolute atomic E-state index is 13.5. The summed E-state index contributed by atoms with van der Waals surface area (Å²) in [5, 5.41) is 0.623. The molecule has 2 rings (SSSR count). The van der Waals surface area contributed by atoms with E-state index >= 15 is 0 Å². The van der Waals surface area contributed by atoms with Gasteiger partial charge in [0.25, 0.3) is 0 Å². The van der Waals surface area contributed by atoms with Crippen molar-refractivity contribution in [1.82, 2.24) is 4.98 Å². The van der Waals surface area contributed by atoms with E-state index in [0.717, 1.165) is 0 Å². The largest absolute Gasteiger partial charge is 0.462 e. The predicted molar refractivity (Wildman–Crippen MR) is 70.7 cm³/mol. The zero-order valence-corrected chi connectivity index (χ0v) is 11.1. The summed E-state index contributed by atoms with van der Waals surface area (Å²) in [5.41, 5.74) is 0.389. The molecule has 98 valence electrons. The van der Waals surface area contributed by atoms with Crippen molar-refractivity contribution in [3.63, 3.8) is 0 Å². The summed E-state index contributed by atoms with van der Waals surface area (Å²) in [4.78, 5) is 16.1. The van der Waals surface area contributed by atoms with Gasteiger partial charge in [-0.1, -0.05) is 23.9 Å². The highest BCUT2D eigenvalue weighted by Gasteiger charge is 2.08. The average Bonchev–Trinajstić information content (AvgIpc) is 2.42. The van der Waals surface area contributed by atoms with Crippen molar-refractivity contribution in [3.05, 3.63) is 54.0 Å². The minimum absolute atomic E-state index is 0.288. The van der Waals surface area contributed by atoms with Gasteiger partial charge in [-0.15, -0.1) is 0 Å². The number of ether oxygens (including phenoxy) is 1. The molecule has 0 radical (unpaired) electrons. The van der Waals surface area contributed by atoms with E-state index in [-0.39, 0.29) is 5.82 Å². The quantitative estimate of drug-likeness (QED) is 0.801. The molecule has 0 atom stereocenters. The van der Waals surface area contributed by atoms with Gasteiger partial charge in [0.1, 0.15) is 10.8 Å². The lowest BCUT2D eigenvalue weighted by Crippen LogP contribution is -2.04. The maximum Gasteiger partial charge on any atom is 0.339 e. The fourth-order valence-corrected chi connectivity index (χ4v) is 2.19. The van der Waals surface area contributed by atoms with E-state index in [1.807, 2.05) is 0 Å². The molecule has 1 heterocycles. The fraction of sp³-hybridized carbons (Fsp3) is 0.143. The first-order chi connectivity index (χ1) is 9.20. The topological polar surface area (TPSA) is 39.2 Å². The number of aromatic nitrogens is 1. The van der Waals surface area contributed by atoms with Crippen LogP contribution in [0.1, 0.15) is 17.3 Å². The molecule has 5 heteroatoms. The lowest BCUT2D eigenvalue weighted by atomic mass is 10.3. The van der Waals surface area contributed by atoms with Crippen molar-refractivity contribution in [2.45, 2.75) is 16.8 Å². The molecule has 3 nitrogen and oxygen atoms in total. The third-order valence-electron chi connectivity index (χ3n) is 2.30. The number of carbonyl (C=O) groups excluding carboxylic acids is 1. The van der Waals surface area contributed by atoms with Crippen molar-refractivity contribution in [2.75, 3.05) is 6.61 Å². The van der Waals surface area contributed by atoms with Crippen LogP contribution in [0, 0.1) is 5.82 Å². The van der Waals surface area contributed by atoms with Crippen LogP contribution < -0.4 is 0 Å². The van der Waals surface area contributed by atoms with Crippen LogP contribution in [-0.2, 0) is 4.74 Å². The number of halogens is 1. The molecule has 1 aromatic heterocycles. The van der Waals surface area contributed by atoms with E-state index < -0.39 is 5.97 Å². The van der Waals surface area contributed by atoms with E-state index in [9.17, 15) is 9.18 Å². The van der Waals surface area contributed by atoms with Crippen LogP contribution in [-0.4, -0.2) is 17.6 Å². The molecule has 2 aromatic rings. The molecular formula is C14H12FNO2S. The zero-order valence-electron chi connectivity index (χ0n) is 10.3. The Morgan fingerprint density at radius 2 is 2.11 bits per heavy atom. The van der Waals surface area contributed by atoms with Crippen LogP contribution >= 0.6 is 11.8 Å². The lowest BCUT2D eigenvalue weighted by Gasteiger charge is -2.04. The van der Waals surface area contributed by atoms with Gasteiger partial charge < -0.3 is 4.74 Å². The Morgan fingerprint density at radius 3 is 2.74 bits per heavy atom. The van der Waals surface area contributed by atoms with Gasteiger partial charge in [-0.25, -0.2) is 14.2 Å². The number of pyridine rings is 1. The number of rotatable bonds is 4. The van der Waals surface area contributed by atoms with Crippen molar-refractivity contribution < 1.29 is 13.9 Å². The summed E-state index contributed by atoms with van der Waals surface area (Å²) < 4.78 is 18.3. The minimum atomic E-state index is -0.405. The van der Waals surface area contributed by atoms with Gasteiger partial charge in [0.15, 0.2) is 0 Å².